The van der Waals surface area contributed by atoms with Crippen molar-refractivity contribution in [2.75, 3.05) is 0 Å². The van der Waals surface area contributed by atoms with Gasteiger partial charge in [0.25, 0.3) is 0 Å². The molecule has 1 amide bonds. The molecule has 116 valence electrons. The van der Waals surface area contributed by atoms with E-state index in [0.29, 0.717) is 15.3 Å². The highest BCUT2D eigenvalue weighted by atomic mass is 35.5. The van der Waals surface area contributed by atoms with Crippen molar-refractivity contribution in [1.82, 2.24) is 5.32 Å². The van der Waals surface area contributed by atoms with Crippen LogP contribution >= 0.6 is 35.0 Å². The standard InChI is InChI=1S/C15H20Cl2N2OS/c1-9(2)19-15(14(18)20)6-5-11(8-15)21-10-3-4-12(16)13(17)7-10/h3-4,7,9,11,19H,5-6,8H2,1-2H3,(H2,18,20). The van der Waals surface area contributed by atoms with Crippen LogP contribution in [0.2, 0.25) is 10.0 Å². The van der Waals surface area contributed by atoms with Gasteiger partial charge >= 0.3 is 0 Å². The molecule has 0 aliphatic heterocycles. The van der Waals surface area contributed by atoms with Crippen LogP contribution in [0.25, 0.3) is 0 Å². The van der Waals surface area contributed by atoms with Gasteiger partial charge in [-0.15, -0.1) is 11.8 Å². The van der Waals surface area contributed by atoms with Crippen molar-refractivity contribution in [2.45, 2.75) is 54.8 Å². The lowest BCUT2D eigenvalue weighted by Crippen LogP contribution is -2.56. The molecule has 1 aliphatic carbocycles. The van der Waals surface area contributed by atoms with Crippen molar-refractivity contribution >= 4 is 40.9 Å². The second-order valence-corrected chi connectivity index (χ2v) is 7.99. The first-order chi connectivity index (χ1) is 9.82. The van der Waals surface area contributed by atoms with E-state index in [1.165, 1.54) is 0 Å². The molecule has 0 bridgehead atoms. The SMILES string of the molecule is CC(C)NC1(C(N)=O)CCC(Sc2ccc(Cl)c(Cl)c2)C1. The molecule has 3 N–H and O–H groups in total. The van der Waals surface area contributed by atoms with E-state index in [0.717, 1.165) is 24.2 Å². The van der Waals surface area contributed by atoms with Crippen molar-refractivity contribution in [3.05, 3.63) is 28.2 Å². The van der Waals surface area contributed by atoms with Gasteiger partial charge in [-0.2, -0.15) is 0 Å². The van der Waals surface area contributed by atoms with Gasteiger partial charge in [0.15, 0.2) is 0 Å². The molecule has 1 fully saturated rings. The fourth-order valence-electron chi connectivity index (χ4n) is 2.82. The topological polar surface area (TPSA) is 55.1 Å². The molecule has 0 spiro atoms. The highest BCUT2D eigenvalue weighted by Crippen LogP contribution is 2.41. The number of amides is 1. The number of nitrogens with two attached hydrogens (primary N) is 1. The Balaban J connectivity index is 2.06. The zero-order valence-corrected chi connectivity index (χ0v) is 14.5. The number of halogens is 2. The molecule has 1 saturated carbocycles. The molecule has 2 unspecified atom stereocenters. The Kier molecular flexibility index (Phi) is 5.47. The van der Waals surface area contributed by atoms with Crippen LogP contribution in [0.3, 0.4) is 0 Å². The van der Waals surface area contributed by atoms with Gasteiger partial charge in [0.05, 0.1) is 15.6 Å². The third-order valence-electron chi connectivity index (χ3n) is 3.70. The lowest BCUT2D eigenvalue weighted by atomic mass is 9.96. The summed E-state index contributed by atoms with van der Waals surface area (Å²) in [6.45, 7) is 4.06. The summed E-state index contributed by atoms with van der Waals surface area (Å²) in [7, 11) is 0. The van der Waals surface area contributed by atoms with Gasteiger partial charge in [-0.1, -0.05) is 23.2 Å². The first-order valence-corrected chi connectivity index (χ1v) is 8.65. The predicted octanol–water partition coefficient (Wildman–Crippen LogP) is 3.86. The van der Waals surface area contributed by atoms with Crippen molar-refractivity contribution in [1.29, 1.82) is 0 Å². The number of nitrogens with one attached hydrogen (secondary N) is 1. The summed E-state index contributed by atoms with van der Waals surface area (Å²) in [6, 6.07) is 5.86. The second kappa shape index (κ2) is 6.78. The normalized spacial score (nSPS) is 25.5. The molecule has 3 nitrogen and oxygen atoms in total. The summed E-state index contributed by atoms with van der Waals surface area (Å²) in [5.41, 5.74) is 5.05. The smallest absolute Gasteiger partial charge is 0.237 e. The molecule has 1 aromatic rings. The summed E-state index contributed by atoms with van der Waals surface area (Å²) in [6.07, 6.45) is 2.47. The number of carbonyl (C=O) groups is 1. The van der Waals surface area contributed by atoms with Gasteiger partial charge in [0, 0.05) is 16.2 Å². The molecule has 0 heterocycles. The van der Waals surface area contributed by atoms with E-state index in [4.69, 9.17) is 28.9 Å². The van der Waals surface area contributed by atoms with E-state index in [2.05, 4.69) is 5.32 Å². The minimum atomic E-state index is -0.581. The average molecular weight is 347 g/mol. The Hall–Kier alpha value is -0.420. The summed E-state index contributed by atoms with van der Waals surface area (Å²) in [5, 5.41) is 4.82. The third-order valence-corrected chi connectivity index (χ3v) is 5.70. The lowest BCUT2D eigenvalue weighted by Gasteiger charge is -2.29. The summed E-state index contributed by atoms with van der Waals surface area (Å²) >= 11 is 13.7. The first-order valence-electron chi connectivity index (χ1n) is 7.02. The number of rotatable bonds is 5. The molecule has 6 heteroatoms. The highest BCUT2D eigenvalue weighted by Gasteiger charge is 2.44. The van der Waals surface area contributed by atoms with Crippen LogP contribution in [0.1, 0.15) is 33.1 Å². The molecule has 0 radical (unpaired) electrons. The Morgan fingerprint density at radius 3 is 2.71 bits per heavy atom. The van der Waals surface area contributed by atoms with Gasteiger partial charge in [-0.25, -0.2) is 0 Å². The number of primary amides is 1. The monoisotopic (exact) mass is 346 g/mol. The average Bonchev–Trinajstić information content (AvgIpc) is 2.77. The summed E-state index contributed by atoms with van der Waals surface area (Å²) in [4.78, 5) is 12.9. The molecular formula is C15H20Cl2N2OS. The summed E-state index contributed by atoms with van der Waals surface area (Å²) < 4.78 is 0. The Bertz CT molecular complexity index is 538. The molecule has 1 aromatic carbocycles. The minimum Gasteiger partial charge on any atom is -0.368 e. The van der Waals surface area contributed by atoms with Gasteiger partial charge in [-0.05, 0) is 51.3 Å². The van der Waals surface area contributed by atoms with Crippen LogP contribution < -0.4 is 11.1 Å². The summed E-state index contributed by atoms with van der Waals surface area (Å²) in [5.74, 6) is -0.256. The van der Waals surface area contributed by atoms with Gasteiger partial charge in [0.1, 0.15) is 0 Å². The number of hydrogen-bond donors (Lipinski definition) is 2. The molecule has 2 atom stereocenters. The third kappa shape index (κ3) is 4.07. The Morgan fingerprint density at radius 1 is 1.43 bits per heavy atom. The van der Waals surface area contributed by atoms with Gasteiger partial charge < -0.3 is 11.1 Å². The quantitative estimate of drug-likeness (QED) is 0.850. The number of hydrogen-bond acceptors (Lipinski definition) is 3. The fourth-order valence-corrected chi connectivity index (χ4v) is 4.51. The van der Waals surface area contributed by atoms with Crippen molar-refractivity contribution < 1.29 is 4.79 Å². The molecule has 0 aromatic heterocycles. The van der Waals surface area contributed by atoms with E-state index in [1.807, 2.05) is 26.0 Å². The predicted molar refractivity (Wildman–Crippen MR) is 90.2 cm³/mol. The van der Waals surface area contributed by atoms with Crippen LogP contribution in [0, 0.1) is 0 Å². The maximum atomic E-state index is 11.9. The fraction of sp³-hybridized carbons (Fsp3) is 0.533. The first kappa shape index (κ1) is 16.9. The molecule has 1 aliphatic rings. The van der Waals surface area contributed by atoms with Crippen LogP contribution in [0.15, 0.2) is 23.1 Å². The Morgan fingerprint density at radius 2 is 2.14 bits per heavy atom. The van der Waals surface area contributed by atoms with Crippen LogP contribution in [-0.2, 0) is 4.79 Å². The number of benzene rings is 1. The highest BCUT2D eigenvalue weighted by molar-refractivity contribution is 8.00. The molecule has 2 rings (SSSR count). The number of thioether (sulfide) groups is 1. The van der Waals surface area contributed by atoms with E-state index in [-0.39, 0.29) is 11.9 Å². The van der Waals surface area contributed by atoms with E-state index >= 15 is 0 Å². The second-order valence-electron chi connectivity index (χ2n) is 5.80. The zero-order valence-electron chi connectivity index (χ0n) is 12.2. The zero-order chi connectivity index (χ0) is 15.6. The molecule has 0 saturated heterocycles. The minimum absolute atomic E-state index is 0.228. The van der Waals surface area contributed by atoms with E-state index in [1.54, 1.807) is 17.8 Å². The van der Waals surface area contributed by atoms with Crippen molar-refractivity contribution in [2.24, 2.45) is 5.73 Å². The van der Waals surface area contributed by atoms with Gasteiger partial charge in [-0.3, -0.25) is 4.79 Å². The maximum Gasteiger partial charge on any atom is 0.237 e. The molecular weight excluding hydrogens is 327 g/mol. The Labute approximate surface area is 139 Å². The molecule has 21 heavy (non-hydrogen) atoms. The maximum absolute atomic E-state index is 11.9. The van der Waals surface area contributed by atoms with Crippen LogP contribution in [0.5, 0.6) is 0 Å². The largest absolute Gasteiger partial charge is 0.368 e. The van der Waals surface area contributed by atoms with E-state index < -0.39 is 5.54 Å². The van der Waals surface area contributed by atoms with Crippen LogP contribution in [-0.4, -0.2) is 22.7 Å². The van der Waals surface area contributed by atoms with Crippen LogP contribution in [0.4, 0.5) is 0 Å². The van der Waals surface area contributed by atoms with Crippen molar-refractivity contribution in [3.63, 3.8) is 0 Å². The number of carbonyl (C=O) groups excluding carboxylic acids is 1. The van der Waals surface area contributed by atoms with E-state index in [9.17, 15) is 4.79 Å². The van der Waals surface area contributed by atoms with Crippen molar-refractivity contribution in [3.8, 4) is 0 Å². The van der Waals surface area contributed by atoms with Gasteiger partial charge in [0.2, 0.25) is 5.91 Å². The lowest BCUT2D eigenvalue weighted by molar-refractivity contribution is -0.124.